The molecule has 3 rings (SSSR count). The maximum absolute atomic E-state index is 13.8. The predicted molar refractivity (Wildman–Crippen MR) is 75.8 cm³/mol. The Bertz CT molecular complexity index is 750. The van der Waals surface area contributed by atoms with E-state index in [1.807, 2.05) is 0 Å². The molecule has 0 radical (unpaired) electrons. The summed E-state index contributed by atoms with van der Waals surface area (Å²) in [6.45, 7) is 1.78. The third-order valence-electron chi connectivity index (χ3n) is 2.81. The third kappa shape index (κ3) is 2.64. The minimum absolute atomic E-state index is 0.0204. The monoisotopic (exact) mass is 285 g/mol. The van der Waals surface area contributed by atoms with Gasteiger partial charge in [0, 0.05) is 12.4 Å². The standard InChI is InChI=1S/C13H12FN7/c1-8-4-2-5-9(14)10(8)17-12-18-11(15)19-13(20-12)21-7-3-6-16-21/h2-7H,1H3,(H3,15,17,18,19,20). The van der Waals surface area contributed by atoms with Gasteiger partial charge >= 0.3 is 0 Å². The molecule has 7 nitrogen and oxygen atoms in total. The topological polar surface area (TPSA) is 94.5 Å². The Hall–Kier alpha value is -3.03. The molecule has 106 valence electrons. The van der Waals surface area contributed by atoms with Gasteiger partial charge in [-0.3, -0.25) is 0 Å². The fraction of sp³-hybridized carbons (Fsp3) is 0.0769. The van der Waals surface area contributed by atoms with E-state index in [1.54, 1.807) is 37.5 Å². The van der Waals surface area contributed by atoms with Gasteiger partial charge in [0.05, 0.1) is 5.69 Å². The average molecular weight is 285 g/mol. The third-order valence-corrected chi connectivity index (χ3v) is 2.81. The maximum Gasteiger partial charge on any atom is 0.257 e. The molecule has 0 spiro atoms. The van der Waals surface area contributed by atoms with Crippen molar-refractivity contribution in [2.75, 3.05) is 11.1 Å². The Morgan fingerprint density at radius 3 is 2.76 bits per heavy atom. The maximum atomic E-state index is 13.8. The van der Waals surface area contributed by atoms with E-state index in [-0.39, 0.29) is 17.8 Å². The molecule has 0 saturated heterocycles. The molecule has 0 aliphatic rings. The SMILES string of the molecule is Cc1cccc(F)c1Nc1nc(N)nc(-n2cccn2)n1. The summed E-state index contributed by atoms with van der Waals surface area (Å²) in [6.07, 6.45) is 3.26. The van der Waals surface area contributed by atoms with Crippen LogP contribution < -0.4 is 11.1 Å². The second-order valence-electron chi connectivity index (χ2n) is 4.32. The van der Waals surface area contributed by atoms with Crippen LogP contribution in [0.4, 0.5) is 22.0 Å². The summed E-state index contributed by atoms with van der Waals surface area (Å²) >= 11 is 0. The predicted octanol–water partition coefficient (Wildman–Crippen LogP) is 1.83. The fourth-order valence-corrected chi connectivity index (χ4v) is 1.83. The van der Waals surface area contributed by atoms with Gasteiger partial charge in [0.1, 0.15) is 5.82 Å². The van der Waals surface area contributed by atoms with Crippen LogP contribution in [-0.4, -0.2) is 24.7 Å². The van der Waals surface area contributed by atoms with Crippen molar-refractivity contribution < 1.29 is 4.39 Å². The molecule has 0 aliphatic heterocycles. The highest BCUT2D eigenvalue weighted by atomic mass is 19.1. The van der Waals surface area contributed by atoms with Gasteiger partial charge in [0.25, 0.3) is 5.95 Å². The van der Waals surface area contributed by atoms with Crippen LogP contribution in [0.2, 0.25) is 0 Å². The summed E-state index contributed by atoms with van der Waals surface area (Å²) < 4.78 is 15.3. The molecule has 0 saturated carbocycles. The number of benzene rings is 1. The zero-order valence-corrected chi connectivity index (χ0v) is 11.2. The molecule has 21 heavy (non-hydrogen) atoms. The van der Waals surface area contributed by atoms with E-state index < -0.39 is 5.82 Å². The normalized spacial score (nSPS) is 10.6. The minimum Gasteiger partial charge on any atom is -0.368 e. The Balaban J connectivity index is 2.00. The average Bonchev–Trinajstić information content (AvgIpc) is 2.97. The summed E-state index contributed by atoms with van der Waals surface area (Å²) in [5.41, 5.74) is 6.69. The van der Waals surface area contributed by atoms with Gasteiger partial charge < -0.3 is 11.1 Å². The van der Waals surface area contributed by atoms with Gasteiger partial charge in [-0.1, -0.05) is 12.1 Å². The number of hydrogen-bond acceptors (Lipinski definition) is 6. The molecule has 3 N–H and O–H groups in total. The summed E-state index contributed by atoms with van der Waals surface area (Å²) in [5.74, 6) is 0.0341. The van der Waals surface area contributed by atoms with Crippen LogP contribution in [0.3, 0.4) is 0 Å². The summed E-state index contributed by atoms with van der Waals surface area (Å²) in [6, 6.07) is 6.50. The molecule has 2 heterocycles. The molecular formula is C13H12FN7. The van der Waals surface area contributed by atoms with E-state index >= 15 is 0 Å². The van der Waals surface area contributed by atoms with Crippen LogP contribution in [0.1, 0.15) is 5.56 Å². The number of nitrogens with two attached hydrogens (primary N) is 1. The van der Waals surface area contributed by atoms with Gasteiger partial charge in [0.2, 0.25) is 11.9 Å². The number of anilines is 3. The Morgan fingerprint density at radius 2 is 2.05 bits per heavy atom. The van der Waals surface area contributed by atoms with Gasteiger partial charge in [-0.05, 0) is 24.6 Å². The number of aromatic nitrogens is 5. The van der Waals surface area contributed by atoms with Crippen molar-refractivity contribution in [3.05, 3.63) is 48.0 Å². The minimum atomic E-state index is -0.394. The molecule has 2 aromatic heterocycles. The number of nitrogens with zero attached hydrogens (tertiary/aromatic N) is 5. The van der Waals surface area contributed by atoms with Crippen LogP contribution in [0.5, 0.6) is 0 Å². The first-order chi connectivity index (χ1) is 10.1. The van der Waals surface area contributed by atoms with Crippen LogP contribution >= 0.6 is 0 Å². The first kappa shape index (κ1) is 13.0. The molecule has 3 aromatic rings. The molecule has 0 unspecified atom stereocenters. The summed E-state index contributed by atoms with van der Waals surface area (Å²) in [4.78, 5) is 12.1. The number of nitrogens with one attached hydrogen (secondary N) is 1. The highest BCUT2D eigenvalue weighted by Gasteiger charge is 2.10. The van der Waals surface area contributed by atoms with E-state index in [0.717, 1.165) is 5.56 Å². The Kier molecular flexibility index (Phi) is 3.19. The fourth-order valence-electron chi connectivity index (χ4n) is 1.83. The van der Waals surface area contributed by atoms with E-state index in [1.165, 1.54) is 10.7 Å². The number of nitrogen functional groups attached to an aromatic ring is 1. The lowest BCUT2D eigenvalue weighted by atomic mass is 10.2. The number of rotatable bonds is 3. The smallest absolute Gasteiger partial charge is 0.257 e. The molecule has 0 atom stereocenters. The second kappa shape index (κ2) is 5.16. The highest BCUT2D eigenvalue weighted by Crippen LogP contribution is 2.22. The zero-order chi connectivity index (χ0) is 14.8. The van der Waals surface area contributed by atoms with Crippen molar-refractivity contribution >= 4 is 17.6 Å². The molecular weight excluding hydrogens is 273 g/mol. The first-order valence-electron chi connectivity index (χ1n) is 6.17. The summed E-state index contributed by atoms with van der Waals surface area (Å²) in [5, 5.41) is 6.84. The van der Waals surface area contributed by atoms with Gasteiger partial charge in [0.15, 0.2) is 0 Å². The number of aryl methyl sites for hydroxylation is 1. The van der Waals surface area contributed by atoms with Crippen LogP contribution in [-0.2, 0) is 0 Å². The lowest BCUT2D eigenvalue weighted by molar-refractivity contribution is 0.630. The van der Waals surface area contributed by atoms with Crippen molar-refractivity contribution in [2.24, 2.45) is 0 Å². The van der Waals surface area contributed by atoms with Crippen molar-refractivity contribution in [1.29, 1.82) is 0 Å². The largest absolute Gasteiger partial charge is 0.368 e. The number of para-hydroxylation sites is 1. The summed E-state index contributed by atoms with van der Waals surface area (Å²) in [7, 11) is 0. The molecule has 0 aliphatic carbocycles. The van der Waals surface area contributed by atoms with E-state index in [0.29, 0.717) is 5.69 Å². The first-order valence-corrected chi connectivity index (χ1v) is 6.17. The molecule has 8 heteroatoms. The van der Waals surface area contributed by atoms with Crippen molar-refractivity contribution in [2.45, 2.75) is 6.92 Å². The molecule has 1 aromatic carbocycles. The number of hydrogen-bond donors (Lipinski definition) is 2. The van der Waals surface area contributed by atoms with Crippen molar-refractivity contribution in [1.82, 2.24) is 24.7 Å². The van der Waals surface area contributed by atoms with Crippen LogP contribution in [0, 0.1) is 12.7 Å². The van der Waals surface area contributed by atoms with E-state index in [2.05, 4.69) is 25.4 Å². The second-order valence-corrected chi connectivity index (χ2v) is 4.32. The molecule has 0 fully saturated rings. The highest BCUT2D eigenvalue weighted by molar-refractivity contribution is 5.59. The lowest BCUT2D eigenvalue weighted by Crippen LogP contribution is -2.10. The zero-order valence-electron chi connectivity index (χ0n) is 11.2. The van der Waals surface area contributed by atoms with Crippen molar-refractivity contribution in [3.63, 3.8) is 0 Å². The molecule has 0 bridgehead atoms. The van der Waals surface area contributed by atoms with Gasteiger partial charge in [-0.25, -0.2) is 9.07 Å². The van der Waals surface area contributed by atoms with Crippen LogP contribution in [0.25, 0.3) is 5.95 Å². The van der Waals surface area contributed by atoms with Gasteiger partial charge in [-0.2, -0.15) is 20.1 Å². The number of halogens is 1. The lowest BCUT2D eigenvalue weighted by Gasteiger charge is -2.10. The molecule has 0 amide bonds. The Morgan fingerprint density at radius 1 is 1.19 bits per heavy atom. The van der Waals surface area contributed by atoms with E-state index in [4.69, 9.17) is 5.73 Å². The van der Waals surface area contributed by atoms with E-state index in [9.17, 15) is 4.39 Å². The van der Waals surface area contributed by atoms with Gasteiger partial charge in [-0.15, -0.1) is 0 Å². The quantitative estimate of drug-likeness (QED) is 0.762. The van der Waals surface area contributed by atoms with Crippen LogP contribution in [0.15, 0.2) is 36.7 Å². The van der Waals surface area contributed by atoms with Crippen molar-refractivity contribution in [3.8, 4) is 5.95 Å². The Labute approximate surface area is 119 Å².